The average molecular weight is 489 g/mol. The Labute approximate surface area is 196 Å². The van der Waals surface area contributed by atoms with Crippen molar-refractivity contribution < 1.29 is 14.1 Å². The fraction of sp³-hybridized carbons (Fsp3) is 0.318. The largest absolute Gasteiger partial charge is 0.323 e. The van der Waals surface area contributed by atoms with E-state index < -0.39 is 16.6 Å². The average Bonchev–Trinajstić information content (AvgIpc) is 2.97. The zero-order chi connectivity index (χ0) is 23.5. The predicted octanol–water partition coefficient (Wildman–Crippen LogP) is 4.69. The highest BCUT2D eigenvalue weighted by molar-refractivity contribution is 7.99. The van der Waals surface area contributed by atoms with Crippen LogP contribution in [0, 0.1) is 15.9 Å². The highest BCUT2D eigenvalue weighted by Crippen LogP contribution is 2.34. The molecule has 0 unspecified atom stereocenters. The number of amides is 1. The number of aromatic nitrogens is 2. The number of thioether (sulfide) groups is 1. The molecule has 11 heteroatoms. The minimum Gasteiger partial charge on any atom is -0.323 e. The first kappa shape index (κ1) is 23.1. The van der Waals surface area contributed by atoms with E-state index in [1.165, 1.54) is 20.8 Å². The summed E-state index contributed by atoms with van der Waals surface area (Å²) in [6.07, 6.45) is 6.69. The van der Waals surface area contributed by atoms with Crippen LogP contribution in [-0.4, -0.2) is 26.1 Å². The molecule has 2 aromatic heterocycles. The lowest BCUT2D eigenvalue weighted by Crippen LogP contribution is -2.24. The molecule has 33 heavy (non-hydrogen) atoms. The first-order chi connectivity index (χ1) is 15.9. The van der Waals surface area contributed by atoms with Crippen molar-refractivity contribution in [2.24, 2.45) is 0 Å². The first-order valence-corrected chi connectivity index (χ1v) is 12.2. The van der Waals surface area contributed by atoms with Gasteiger partial charge in [0.15, 0.2) is 5.16 Å². The molecule has 1 N–H and O–H groups in total. The fourth-order valence-corrected chi connectivity index (χ4v) is 5.95. The summed E-state index contributed by atoms with van der Waals surface area (Å²) < 4.78 is 15.5. The Morgan fingerprint density at radius 1 is 1.36 bits per heavy atom. The molecular formula is C22H21FN4O4S2. The molecule has 3 aromatic rings. The first-order valence-electron chi connectivity index (χ1n) is 10.4. The molecule has 0 saturated carbocycles. The number of nitro groups is 1. The monoisotopic (exact) mass is 488 g/mol. The summed E-state index contributed by atoms with van der Waals surface area (Å²) in [6, 6.07) is 2.92. The number of thiophene rings is 1. The van der Waals surface area contributed by atoms with Crippen molar-refractivity contribution in [1.82, 2.24) is 9.55 Å². The standard InChI is InChI=1S/C22H21FN4O4S2/c1-2-10-26-21(29)19-14-6-4-3-5-7-17(14)33-20(19)25-22(26)32-12-18(28)24-16-11-13(27(30)31)8-9-15(16)23/h2,8-9,11H,1,3-7,10,12H2,(H,24,28). The number of halogens is 1. The zero-order valence-corrected chi connectivity index (χ0v) is 19.3. The van der Waals surface area contributed by atoms with Crippen molar-refractivity contribution >= 4 is 50.6 Å². The zero-order valence-electron chi connectivity index (χ0n) is 17.6. The van der Waals surface area contributed by atoms with Crippen LogP contribution in [0.5, 0.6) is 0 Å². The number of nitrogens with zero attached hydrogens (tertiary/aromatic N) is 3. The molecule has 1 aromatic carbocycles. The molecule has 0 spiro atoms. The van der Waals surface area contributed by atoms with E-state index in [4.69, 9.17) is 0 Å². The minimum atomic E-state index is -0.776. The second kappa shape index (κ2) is 9.84. The van der Waals surface area contributed by atoms with Gasteiger partial charge in [-0.1, -0.05) is 24.3 Å². The lowest BCUT2D eigenvalue weighted by molar-refractivity contribution is -0.384. The third-order valence-corrected chi connectivity index (χ3v) is 7.53. The summed E-state index contributed by atoms with van der Waals surface area (Å²) in [5.74, 6) is -1.49. The van der Waals surface area contributed by atoms with Gasteiger partial charge < -0.3 is 5.32 Å². The molecule has 0 saturated heterocycles. The number of carbonyl (C=O) groups excluding carboxylic acids is 1. The van der Waals surface area contributed by atoms with E-state index in [2.05, 4.69) is 16.9 Å². The Kier molecular flexibility index (Phi) is 6.89. The number of allylic oxidation sites excluding steroid dienone is 1. The number of fused-ring (bicyclic) bond motifs is 3. The van der Waals surface area contributed by atoms with Gasteiger partial charge >= 0.3 is 0 Å². The van der Waals surface area contributed by atoms with Gasteiger partial charge in [0.1, 0.15) is 10.6 Å². The number of benzene rings is 1. The van der Waals surface area contributed by atoms with Crippen molar-refractivity contribution in [3.63, 3.8) is 0 Å². The third-order valence-electron chi connectivity index (χ3n) is 5.37. The summed E-state index contributed by atoms with van der Waals surface area (Å²) in [5.41, 5.74) is 0.345. The quantitative estimate of drug-likeness (QED) is 0.129. The number of hydrogen-bond acceptors (Lipinski definition) is 7. The number of rotatable bonds is 7. The van der Waals surface area contributed by atoms with Crippen LogP contribution in [0.3, 0.4) is 0 Å². The summed E-state index contributed by atoms with van der Waals surface area (Å²) in [5, 5.41) is 14.3. The van der Waals surface area contributed by atoms with E-state index in [0.29, 0.717) is 15.4 Å². The maximum Gasteiger partial charge on any atom is 0.271 e. The van der Waals surface area contributed by atoms with Gasteiger partial charge in [-0.15, -0.1) is 17.9 Å². The van der Waals surface area contributed by atoms with E-state index >= 15 is 0 Å². The van der Waals surface area contributed by atoms with Gasteiger partial charge in [-0.25, -0.2) is 9.37 Å². The molecule has 1 aliphatic carbocycles. The topological polar surface area (TPSA) is 107 Å². The Hall–Kier alpha value is -3.05. The summed E-state index contributed by atoms with van der Waals surface area (Å²) in [6.45, 7) is 3.97. The Bertz CT molecular complexity index is 1320. The number of nitro benzene ring substituents is 1. The number of carbonyl (C=O) groups is 1. The van der Waals surface area contributed by atoms with Crippen LogP contribution < -0.4 is 10.9 Å². The molecule has 0 aliphatic heterocycles. The molecule has 4 rings (SSSR count). The maximum absolute atomic E-state index is 14.0. The summed E-state index contributed by atoms with van der Waals surface area (Å²) in [4.78, 5) is 42.5. The maximum atomic E-state index is 14.0. The van der Waals surface area contributed by atoms with Crippen molar-refractivity contribution in [3.05, 3.63) is 67.6 Å². The highest BCUT2D eigenvalue weighted by atomic mass is 32.2. The molecule has 172 valence electrons. The molecule has 1 amide bonds. The van der Waals surface area contributed by atoms with Crippen molar-refractivity contribution in [3.8, 4) is 0 Å². The van der Waals surface area contributed by atoms with Crippen molar-refractivity contribution in [1.29, 1.82) is 0 Å². The van der Waals surface area contributed by atoms with Gasteiger partial charge in [0.25, 0.3) is 11.2 Å². The number of non-ortho nitro benzene ring substituents is 1. The van der Waals surface area contributed by atoms with E-state index in [1.807, 2.05) is 0 Å². The van der Waals surface area contributed by atoms with Gasteiger partial charge in [0, 0.05) is 23.6 Å². The summed E-state index contributed by atoms with van der Waals surface area (Å²) >= 11 is 2.59. The number of aryl methyl sites for hydroxylation is 2. The van der Waals surface area contributed by atoms with Crippen LogP contribution >= 0.6 is 23.1 Å². The second-order valence-corrected chi connectivity index (χ2v) is 9.63. The lowest BCUT2D eigenvalue weighted by Gasteiger charge is -2.11. The highest BCUT2D eigenvalue weighted by Gasteiger charge is 2.22. The fourth-order valence-electron chi connectivity index (χ4n) is 3.84. The van der Waals surface area contributed by atoms with Crippen LogP contribution in [-0.2, 0) is 24.2 Å². The lowest BCUT2D eigenvalue weighted by atomic mass is 10.1. The van der Waals surface area contributed by atoms with Crippen LogP contribution in [0.4, 0.5) is 15.8 Å². The van der Waals surface area contributed by atoms with E-state index in [-0.39, 0.29) is 29.2 Å². The van der Waals surface area contributed by atoms with E-state index in [1.54, 1.807) is 6.08 Å². The van der Waals surface area contributed by atoms with Crippen LogP contribution in [0.15, 0.2) is 40.8 Å². The molecule has 0 atom stereocenters. The molecule has 8 nitrogen and oxygen atoms in total. The van der Waals surface area contributed by atoms with Crippen LogP contribution in [0.25, 0.3) is 10.2 Å². The second-order valence-electron chi connectivity index (χ2n) is 7.60. The minimum absolute atomic E-state index is 0.146. The number of hydrogen-bond donors (Lipinski definition) is 1. The van der Waals surface area contributed by atoms with Crippen molar-refractivity contribution in [2.75, 3.05) is 11.1 Å². The normalized spacial score (nSPS) is 13.4. The van der Waals surface area contributed by atoms with Gasteiger partial charge in [-0.05, 0) is 37.3 Å². The van der Waals surface area contributed by atoms with Gasteiger partial charge in [-0.3, -0.25) is 24.3 Å². The van der Waals surface area contributed by atoms with Gasteiger partial charge in [0.2, 0.25) is 5.91 Å². The molecule has 0 radical (unpaired) electrons. The van der Waals surface area contributed by atoms with Crippen LogP contribution in [0.2, 0.25) is 0 Å². The smallest absolute Gasteiger partial charge is 0.271 e. The number of anilines is 1. The van der Waals surface area contributed by atoms with E-state index in [0.717, 1.165) is 67.6 Å². The SMILES string of the molecule is C=CCn1c(SCC(=O)Nc2cc([N+](=O)[O-])ccc2F)nc2sc3c(c2c1=O)CCCCC3. The summed E-state index contributed by atoms with van der Waals surface area (Å²) in [7, 11) is 0. The van der Waals surface area contributed by atoms with Crippen molar-refractivity contribution in [2.45, 2.75) is 43.8 Å². The molecule has 0 fully saturated rings. The molecule has 0 bridgehead atoms. The Balaban J connectivity index is 1.59. The Morgan fingerprint density at radius 3 is 2.91 bits per heavy atom. The van der Waals surface area contributed by atoms with Gasteiger partial charge in [0.05, 0.1) is 21.7 Å². The Morgan fingerprint density at radius 2 is 2.15 bits per heavy atom. The molecule has 1 aliphatic rings. The molecule has 2 heterocycles. The number of nitrogens with one attached hydrogen (secondary N) is 1. The van der Waals surface area contributed by atoms with Gasteiger partial charge in [-0.2, -0.15) is 0 Å². The predicted molar refractivity (Wildman–Crippen MR) is 128 cm³/mol. The third kappa shape index (κ3) is 4.83. The van der Waals surface area contributed by atoms with E-state index in [9.17, 15) is 24.1 Å². The molecular weight excluding hydrogens is 467 g/mol. The van der Waals surface area contributed by atoms with Crippen LogP contribution in [0.1, 0.15) is 29.7 Å².